The fourth-order valence-electron chi connectivity index (χ4n) is 9.61. The van der Waals surface area contributed by atoms with Crippen LogP contribution in [0.1, 0.15) is 26.2 Å². The second-order valence-corrected chi connectivity index (χ2v) is 20.3. The van der Waals surface area contributed by atoms with E-state index in [2.05, 4.69) is 256 Å². The minimum absolute atomic E-state index is 0. The van der Waals surface area contributed by atoms with Crippen LogP contribution in [0.15, 0.2) is 253 Å². The molecule has 0 aliphatic heterocycles. The van der Waals surface area contributed by atoms with Crippen molar-refractivity contribution >= 4 is 23.6 Å². The molecule has 1 aliphatic carbocycles. The van der Waals surface area contributed by atoms with Gasteiger partial charge in [-0.1, -0.05) is 238 Å². The Labute approximate surface area is 431 Å². The minimum Gasteiger partial charge on any atom is -1.00 e. The van der Waals surface area contributed by atoms with Gasteiger partial charge < -0.3 is 37.2 Å². The zero-order valence-corrected chi connectivity index (χ0v) is 42.2. The number of allylic oxidation sites excluding steroid dienone is 4. The summed E-state index contributed by atoms with van der Waals surface area (Å²) in [5.74, 6) is 0. The third kappa shape index (κ3) is 10.5. The molecule has 67 heavy (non-hydrogen) atoms. The van der Waals surface area contributed by atoms with Gasteiger partial charge in [-0.15, -0.1) is 6.42 Å². The molecule has 0 nitrogen and oxygen atoms in total. The zero-order valence-electron chi connectivity index (χ0n) is 37.3. The fraction of sp³-hybridized carbons (Fsp3) is 0.0645. The number of rotatable bonds is 12. The molecule has 0 radical (unpaired) electrons. The average molecular weight is 976 g/mol. The van der Waals surface area contributed by atoms with Crippen LogP contribution in [-0.4, -0.2) is 8.07 Å². The molecule has 1 aliphatic rings. The standard InChI is InChI=1S/C62H49Si.3ClH.Ti/c1-2-22-52-35-21-36-62(52)63(59-40-53(46-23-9-3-10-24-46)37-54(41-59)47-25-11-4-12-26-47,60-42-55(48-27-13-5-14-28-48)38-56(43-60)49-29-15-6-16-30-49)61-44-57(50-31-17-7-18-32-50)39-58(45-61)51-33-19-8-20-34-51;;;;/h3-20,23-35,37-45H,2,21-22H2,1H3;3*1H;/q-1;;;;+4/p-3. The van der Waals surface area contributed by atoms with E-state index < -0.39 is 8.07 Å². The Morgan fingerprint density at radius 1 is 0.343 bits per heavy atom. The van der Waals surface area contributed by atoms with Crippen LogP contribution >= 0.6 is 0 Å². The summed E-state index contributed by atoms with van der Waals surface area (Å²) in [6.07, 6.45) is 9.49. The van der Waals surface area contributed by atoms with E-state index >= 15 is 0 Å². The Balaban J connectivity index is 0.00000185. The summed E-state index contributed by atoms with van der Waals surface area (Å²) in [6.45, 7) is 2.32. The van der Waals surface area contributed by atoms with Crippen molar-refractivity contribution < 1.29 is 58.9 Å². The Kier molecular flexibility index (Phi) is 17.6. The van der Waals surface area contributed by atoms with E-state index in [1.54, 1.807) is 0 Å². The van der Waals surface area contributed by atoms with Gasteiger partial charge in [0.05, 0.1) is 0 Å². The number of hydrogen-bond donors (Lipinski definition) is 0. The van der Waals surface area contributed by atoms with E-state index in [1.807, 2.05) is 0 Å². The van der Waals surface area contributed by atoms with Crippen molar-refractivity contribution in [1.29, 1.82) is 0 Å². The largest absolute Gasteiger partial charge is 4.00 e. The molecular weight excluding hydrogens is 927 g/mol. The molecule has 0 saturated carbocycles. The summed E-state index contributed by atoms with van der Waals surface area (Å²) in [7, 11) is -3.34. The monoisotopic (exact) mass is 974 g/mol. The predicted molar refractivity (Wildman–Crippen MR) is 271 cm³/mol. The average Bonchev–Trinajstić information content (AvgIpc) is 3.84. The van der Waals surface area contributed by atoms with Crippen molar-refractivity contribution in [2.75, 3.05) is 0 Å². The molecule has 10 rings (SSSR count). The quantitative estimate of drug-likeness (QED) is 0.0856. The van der Waals surface area contributed by atoms with Crippen molar-refractivity contribution in [3.63, 3.8) is 0 Å². The van der Waals surface area contributed by atoms with E-state index in [0.29, 0.717) is 0 Å². The molecule has 9 aromatic rings. The molecule has 0 saturated heterocycles. The molecule has 5 heteroatoms. The van der Waals surface area contributed by atoms with Crippen LogP contribution in [0.4, 0.5) is 0 Å². The van der Waals surface area contributed by atoms with Crippen molar-refractivity contribution in [2.24, 2.45) is 0 Å². The number of hydrogen-bond acceptors (Lipinski definition) is 0. The van der Waals surface area contributed by atoms with Crippen LogP contribution in [0.5, 0.6) is 0 Å². The first-order valence-electron chi connectivity index (χ1n) is 22.3. The van der Waals surface area contributed by atoms with Crippen LogP contribution < -0.4 is 52.8 Å². The third-order valence-corrected chi connectivity index (χ3v) is 17.3. The van der Waals surface area contributed by atoms with Gasteiger partial charge >= 0.3 is 21.7 Å². The summed E-state index contributed by atoms with van der Waals surface area (Å²) >= 11 is 0. The molecule has 0 atom stereocenters. The predicted octanol–water partition coefficient (Wildman–Crippen LogP) is 5.57. The van der Waals surface area contributed by atoms with Gasteiger partial charge in [0.15, 0.2) is 0 Å². The van der Waals surface area contributed by atoms with E-state index in [9.17, 15) is 0 Å². The normalized spacial score (nSPS) is 11.7. The van der Waals surface area contributed by atoms with Gasteiger partial charge in [-0.2, -0.15) is 6.08 Å². The van der Waals surface area contributed by atoms with Crippen LogP contribution in [0.25, 0.3) is 66.8 Å². The second kappa shape index (κ2) is 23.3. The van der Waals surface area contributed by atoms with Crippen molar-refractivity contribution in [2.45, 2.75) is 26.2 Å². The fourth-order valence-corrected chi connectivity index (χ4v) is 14.8. The smallest absolute Gasteiger partial charge is 1.00 e. The summed E-state index contributed by atoms with van der Waals surface area (Å²) in [4.78, 5) is 0. The maximum atomic E-state index is 4.17. The first-order valence-corrected chi connectivity index (χ1v) is 24.3. The van der Waals surface area contributed by atoms with Crippen molar-refractivity contribution in [3.05, 3.63) is 260 Å². The van der Waals surface area contributed by atoms with Gasteiger partial charge in [0.25, 0.3) is 0 Å². The van der Waals surface area contributed by atoms with Crippen molar-refractivity contribution in [1.82, 2.24) is 0 Å². The molecule has 0 spiro atoms. The number of benzene rings is 9. The second-order valence-electron chi connectivity index (χ2n) is 16.6. The minimum atomic E-state index is -3.34. The van der Waals surface area contributed by atoms with Gasteiger partial charge in [-0.3, -0.25) is 6.08 Å². The van der Waals surface area contributed by atoms with E-state index in [-0.39, 0.29) is 58.9 Å². The first-order chi connectivity index (χ1) is 31.2. The maximum Gasteiger partial charge on any atom is 4.00 e. The summed E-state index contributed by atoms with van der Waals surface area (Å²) < 4.78 is 0. The zero-order chi connectivity index (χ0) is 42.4. The topological polar surface area (TPSA) is 0 Å². The molecule has 9 aromatic carbocycles. The summed E-state index contributed by atoms with van der Waals surface area (Å²) in [5, 5.41) is 5.43. The Bertz CT molecular complexity index is 2590. The molecular formula is C62H49Cl3SiTi. The SMILES string of the molecule is CCCC1=CC[C-]=C1[Si](c1cc(-c2ccccc2)cc(-c2ccccc2)c1)(c1cc(-c2ccccc2)cc(-c2ccccc2)c1)c1cc(-c2ccccc2)cc(-c2ccccc2)c1.[Cl-].[Cl-].[Cl-].[Ti+4]. The Hall–Kier alpha value is -5.74. The van der Waals surface area contributed by atoms with Gasteiger partial charge in [-0.05, 0) is 101 Å². The molecule has 0 bridgehead atoms. The first kappa shape index (κ1) is 50.7. The van der Waals surface area contributed by atoms with Crippen LogP contribution in [0.2, 0.25) is 0 Å². The van der Waals surface area contributed by atoms with E-state index in [4.69, 9.17) is 0 Å². The third-order valence-electron chi connectivity index (χ3n) is 12.6. The Morgan fingerprint density at radius 2 is 0.582 bits per heavy atom. The maximum absolute atomic E-state index is 4.17. The van der Waals surface area contributed by atoms with Crippen LogP contribution in [0, 0.1) is 6.08 Å². The van der Waals surface area contributed by atoms with Crippen molar-refractivity contribution in [3.8, 4) is 66.8 Å². The molecule has 0 N–H and O–H groups in total. The van der Waals surface area contributed by atoms with E-state index in [1.165, 1.54) is 93.1 Å². The molecule has 0 unspecified atom stereocenters. The molecule has 326 valence electrons. The molecule has 0 aromatic heterocycles. The molecule has 0 amide bonds. The number of halogens is 3. The van der Waals surface area contributed by atoms with Gasteiger partial charge in [-0.25, -0.2) is 10.8 Å². The van der Waals surface area contributed by atoms with Crippen LogP contribution in [0.3, 0.4) is 0 Å². The van der Waals surface area contributed by atoms with Gasteiger partial charge in [0.2, 0.25) is 0 Å². The Morgan fingerprint density at radius 3 is 0.806 bits per heavy atom. The summed E-state index contributed by atoms with van der Waals surface area (Å²) in [5.41, 5.74) is 16.0. The molecule has 0 fully saturated rings. The van der Waals surface area contributed by atoms with Gasteiger partial charge in [0, 0.05) is 0 Å². The van der Waals surface area contributed by atoms with Crippen LogP contribution in [-0.2, 0) is 21.7 Å². The van der Waals surface area contributed by atoms with E-state index in [0.717, 1.165) is 19.3 Å². The van der Waals surface area contributed by atoms with Gasteiger partial charge in [0.1, 0.15) is 8.07 Å². The molecule has 0 heterocycles. The summed E-state index contributed by atoms with van der Waals surface area (Å²) in [6, 6.07) is 88.2.